The van der Waals surface area contributed by atoms with Crippen molar-refractivity contribution in [2.75, 3.05) is 0 Å². The van der Waals surface area contributed by atoms with Crippen molar-refractivity contribution in [2.45, 2.75) is 6.92 Å². The molecule has 0 saturated carbocycles. The van der Waals surface area contributed by atoms with Gasteiger partial charge >= 0.3 is 0 Å². The van der Waals surface area contributed by atoms with Crippen molar-refractivity contribution >= 4 is 33.5 Å². The largest absolute Gasteiger partial charge is 0.253 e. The molecule has 1 aromatic carbocycles. The van der Waals surface area contributed by atoms with Gasteiger partial charge in [0.25, 0.3) is 0 Å². The molecule has 2 aromatic rings. The third-order valence-electron chi connectivity index (χ3n) is 1.90. The van der Waals surface area contributed by atoms with Crippen LogP contribution in [0.1, 0.15) is 5.69 Å². The van der Waals surface area contributed by atoms with Gasteiger partial charge in [0.15, 0.2) is 0 Å². The number of halogens is 2. The van der Waals surface area contributed by atoms with E-state index in [1.54, 1.807) is 6.07 Å². The standard InChI is InChI=1S/C10H7FIN/c1-6-2-3-7-9(13-6)5-4-8(11)10(7)12/h2-5H,1H3. The second-order valence-corrected chi connectivity index (χ2v) is 3.96. The lowest BCUT2D eigenvalue weighted by Crippen LogP contribution is -1.88. The number of aromatic nitrogens is 1. The monoisotopic (exact) mass is 287 g/mol. The first-order valence-electron chi connectivity index (χ1n) is 3.90. The maximum atomic E-state index is 13.1. The fourth-order valence-electron chi connectivity index (χ4n) is 1.24. The molecule has 0 saturated heterocycles. The van der Waals surface area contributed by atoms with Gasteiger partial charge in [0, 0.05) is 11.1 Å². The smallest absolute Gasteiger partial charge is 0.137 e. The number of hydrogen-bond donors (Lipinski definition) is 0. The highest BCUT2D eigenvalue weighted by molar-refractivity contribution is 14.1. The average Bonchev–Trinajstić information content (AvgIpc) is 2.12. The van der Waals surface area contributed by atoms with Crippen LogP contribution in [-0.4, -0.2) is 4.98 Å². The Kier molecular flexibility index (Phi) is 2.19. The summed E-state index contributed by atoms with van der Waals surface area (Å²) in [5, 5.41) is 0.881. The van der Waals surface area contributed by atoms with E-state index in [1.165, 1.54) is 6.07 Å². The highest BCUT2D eigenvalue weighted by Crippen LogP contribution is 2.21. The molecule has 13 heavy (non-hydrogen) atoms. The number of aryl methyl sites for hydroxylation is 1. The Hall–Kier alpha value is -0.710. The summed E-state index contributed by atoms with van der Waals surface area (Å²) < 4.78 is 13.8. The van der Waals surface area contributed by atoms with Crippen molar-refractivity contribution in [1.29, 1.82) is 0 Å². The van der Waals surface area contributed by atoms with Crippen molar-refractivity contribution in [3.63, 3.8) is 0 Å². The van der Waals surface area contributed by atoms with Gasteiger partial charge in [-0.05, 0) is 53.8 Å². The van der Waals surface area contributed by atoms with E-state index in [1.807, 2.05) is 41.6 Å². The molecule has 0 amide bonds. The molecule has 0 atom stereocenters. The highest BCUT2D eigenvalue weighted by atomic mass is 127. The SMILES string of the molecule is Cc1ccc2c(I)c(F)ccc2n1. The Morgan fingerprint density at radius 3 is 2.77 bits per heavy atom. The molecule has 0 N–H and O–H groups in total. The van der Waals surface area contributed by atoms with Crippen molar-refractivity contribution in [2.24, 2.45) is 0 Å². The Morgan fingerprint density at radius 2 is 2.00 bits per heavy atom. The van der Waals surface area contributed by atoms with Crippen LogP contribution in [-0.2, 0) is 0 Å². The van der Waals surface area contributed by atoms with E-state index in [2.05, 4.69) is 4.98 Å². The topological polar surface area (TPSA) is 12.9 Å². The van der Waals surface area contributed by atoms with Crippen molar-refractivity contribution in [3.05, 3.63) is 39.3 Å². The summed E-state index contributed by atoms with van der Waals surface area (Å²) >= 11 is 2.00. The van der Waals surface area contributed by atoms with Crippen molar-refractivity contribution < 1.29 is 4.39 Å². The first-order valence-corrected chi connectivity index (χ1v) is 4.98. The molecule has 0 aliphatic heterocycles. The number of nitrogens with zero attached hydrogens (tertiary/aromatic N) is 1. The Bertz CT molecular complexity index is 468. The van der Waals surface area contributed by atoms with Gasteiger partial charge in [-0.25, -0.2) is 4.39 Å². The summed E-state index contributed by atoms with van der Waals surface area (Å²) in [6.45, 7) is 1.93. The maximum absolute atomic E-state index is 13.1. The van der Waals surface area contributed by atoms with Crippen LogP contribution < -0.4 is 0 Å². The van der Waals surface area contributed by atoms with Crippen LogP contribution in [0.5, 0.6) is 0 Å². The molecule has 2 rings (SSSR count). The first-order chi connectivity index (χ1) is 6.18. The third kappa shape index (κ3) is 1.52. The minimum Gasteiger partial charge on any atom is -0.253 e. The zero-order valence-electron chi connectivity index (χ0n) is 7.01. The zero-order valence-corrected chi connectivity index (χ0v) is 9.17. The first kappa shape index (κ1) is 8.87. The molecule has 0 bridgehead atoms. The van der Waals surface area contributed by atoms with Gasteiger partial charge in [-0.1, -0.05) is 0 Å². The lowest BCUT2D eigenvalue weighted by atomic mass is 10.2. The van der Waals surface area contributed by atoms with Gasteiger partial charge in [0.05, 0.1) is 9.09 Å². The molecule has 0 spiro atoms. The van der Waals surface area contributed by atoms with Crippen LogP contribution in [0, 0.1) is 16.3 Å². The zero-order chi connectivity index (χ0) is 9.42. The van der Waals surface area contributed by atoms with Crippen LogP contribution in [0.25, 0.3) is 10.9 Å². The summed E-state index contributed by atoms with van der Waals surface area (Å²) in [5.74, 6) is -0.182. The Morgan fingerprint density at radius 1 is 1.23 bits per heavy atom. The number of hydrogen-bond acceptors (Lipinski definition) is 1. The van der Waals surface area contributed by atoms with Crippen LogP contribution in [0.4, 0.5) is 4.39 Å². The molecule has 3 heteroatoms. The van der Waals surface area contributed by atoms with Crippen LogP contribution in [0.15, 0.2) is 24.3 Å². The molecule has 1 aromatic heterocycles. The van der Waals surface area contributed by atoms with E-state index < -0.39 is 0 Å². The molecule has 0 radical (unpaired) electrons. The summed E-state index contributed by atoms with van der Waals surface area (Å²) in [7, 11) is 0. The second-order valence-electron chi connectivity index (χ2n) is 2.88. The van der Waals surface area contributed by atoms with E-state index in [0.717, 1.165) is 16.6 Å². The number of rotatable bonds is 0. The van der Waals surface area contributed by atoms with E-state index >= 15 is 0 Å². The van der Waals surface area contributed by atoms with E-state index in [0.29, 0.717) is 3.57 Å². The van der Waals surface area contributed by atoms with Crippen LogP contribution in [0.3, 0.4) is 0 Å². The van der Waals surface area contributed by atoms with Gasteiger partial charge in [-0.2, -0.15) is 0 Å². The lowest BCUT2D eigenvalue weighted by molar-refractivity contribution is 0.622. The van der Waals surface area contributed by atoms with Gasteiger partial charge in [0.2, 0.25) is 0 Å². The van der Waals surface area contributed by atoms with Gasteiger partial charge in [-0.3, -0.25) is 4.98 Å². The average molecular weight is 287 g/mol. The molecule has 1 nitrogen and oxygen atoms in total. The van der Waals surface area contributed by atoms with Crippen LogP contribution in [0.2, 0.25) is 0 Å². The molecular weight excluding hydrogens is 280 g/mol. The Balaban J connectivity index is 2.87. The minimum atomic E-state index is -0.182. The van der Waals surface area contributed by atoms with E-state index in [4.69, 9.17) is 0 Å². The minimum absolute atomic E-state index is 0.182. The Labute approximate surface area is 89.1 Å². The van der Waals surface area contributed by atoms with Gasteiger partial charge in [-0.15, -0.1) is 0 Å². The number of benzene rings is 1. The fraction of sp³-hybridized carbons (Fsp3) is 0.100. The van der Waals surface area contributed by atoms with Crippen molar-refractivity contribution in [1.82, 2.24) is 4.98 Å². The van der Waals surface area contributed by atoms with Crippen LogP contribution >= 0.6 is 22.6 Å². The van der Waals surface area contributed by atoms with Gasteiger partial charge in [0.1, 0.15) is 5.82 Å². The fourth-order valence-corrected chi connectivity index (χ4v) is 1.88. The predicted molar refractivity (Wildman–Crippen MR) is 59.2 cm³/mol. The summed E-state index contributed by atoms with van der Waals surface area (Å²) in [6.07, 6.45) is 0. The van der Waals surface area contributed by atoms with Gasteiger partial charge < -0.3 is 0 Å². The van der Waals surface area contributed by atoms with E-state index in [9.17, 15) is 4.39 Å². The summed E-state index contributed by atoms with van der Waals surface area (Å²) in [5.41, 5.74) is 1.81. The predicted octanol–water partition coefficient (Wildman–Crippen LogP) is 3.29. The molecule has 0 aliphatic rings. The number of fused-ring (bicyclic) bond motifs is 1. The molecule has 1 heterocycles. The molecule has 0 fully saturated rings. The maximum Gasteiger partial charge on any atom is 0.137 e. The third-order valence-corrected chi connectivity index (χ3v) is 2.99. The normalized spacial score (nSPS) is 10.7. The second kappa shape index (κ2) is 3.21. The molecule has 0 unspecified atom stereocenters. The van der Waals surface area contributed by atoms with E-state index in [-0.39, 0.29) is 5.82 Å². The molecule has 0 aliphatic carbocycles. The molecular formula is C10H7FIN. The lowest BCUT2D eigenvalue weighted by Gasteiger charge is -2.01. The van der Waals surface area contributed by atoms with Crippen molar-refractivity contribution in [3.8, 4) is 0 Å². The highest BCUT2D eigenvalue weighted by Gasteiger charge is 2.04. The number of pyridine rings is 1. The summed E-state index contributed by atoms with van der Waals surface area (Å²) in [6, 6.07) is 6.96. The quantitative estimate of drug-likeness (QED) is 0.678. The summed E-state index contributed by atoms with van der Waals surface area (Å²) in [4.78, 5) is 4.31. The molecule has 66 valence electrons.